The molecule has 0 unspecified atom stereocenters. The van der Waals surface area contributed by atoms with E-state index < -0.39 is 5.54 Å². The van der Waals surface area contributed by atoms with Crippen molar-refractivity contribution in [1.82, 2.24) is 14.9 Å². The Hall–Kier alpha value is -4.48. The summed E-state index contributed by atoms with van der Waals surface area (Å²) in [7, 11) is 0. The second-order valence-electron chi connectivity index (χ2n) is 9.15. The van der Waals surface area contributed by atoms with Gasteiger partial charge in [0.25, 0.3) is 0 Å². The van der Waals surface area contributed by atoms with Crippen molar-refractivity contribution in [3.8, 4) is 0 Å². The summed E-state index contributed by atoms with van der Waals surface area (Å²) in [4.78, 5) is 16.9. The summed E-state index contributed by atoms with van der Waals surface area (Å²) in [6.07, 6.45) is 4.71. The Kier molecular flexibility index (Phi) is 8.07. The van der Waals surface area contributed by atoms with Gasteiger partial charge in [-0.1, -0.05) is 121 Å². The van der Waals surface area contributed by atoms with Gasteiger partial charge in [-0.25, -0.2) is 4.98 Å². The van der Waals surface area contributed by atoms with Crippen molar-refractivity contribution >= 4 is 5.97 Å². The van der Waals surface area contributed by atoms with Gasteiger partial charge in [0.2, 0.25) is 0 Å². The van der Waals surface area contributed by atoms with Gasteiger partial charge in [-0.2, -0.15) is 0 Å². The number of nitrogens with zero attached hydrogens (tertiary/aromatic N) is 2. The van der Waals surface area contributed by atoms with E-state index in [-0.39, 0.29) is 19.1 Å². The van der Waals surface area contributed by atoms with E-state index in [1.807, 2.05) is 54.9 Å². The molecule has 0 spiro atoms. The van der Waals surface area contributed by atoms with Crippen molar-refractivity contribution in [1.29, 1.82) is 0 Å². The Morgan fingerprint density at radius 1 is 0.737 bits per heavy atom. The van der Waals surface area contributed by atoms with E-state index in [0.717, 1.165) is 27.9 Å². The normalized spacial score (nSPS) is 11.3. The van der Waals surface area contributed by atoms with E-state index >= 15 is 0 Å². The van der Waals surface area contributed by atoms with Gasteiger partial charge in [-0.3, -0.25) is 4.79 Å². The Balaban J connectivity index is 1.33. The molecule has 38 heavy (non-hydrogen) atoms. The molecule has 4 aromatic carbocycles. The first-order chi connectivity index (χ1) is 18.8. The predicted octanol–water partition coefficient (Wildman–Crippen LogP) is 5.60. The third kappa shape index (κ3) is 5.58. The van der Waals surface area contributed by atoms with E-state index in [1.54, 1.807) is 0 Å². The fourth-order valence-corrected chi connectivity index (χ4v) is 4.86. The first-order valence-corrected chi connectivity index (χ1v) is 12.9. The molecule has 1 aromatic heterocycles. The maximum absolute atomic E-state index is 12.1. The van der Waals surface area contributed by atoms with Crippen LogP contribution < -0.4 is 5.32 Å². The van der Waals surface area contributed by atoms with Crippen LogP contribution in [0.25, 0.3) is 0 Å². The maximum Gasteiger partial charge on any atom is 0.320 e. The minimum absolute atomic E-state index is 0.162. The predicted molar refractivity (Wildman–Crippen MR) is 150 cm³/mol. The molecule has 0 aliphatic rings. The van der Waals surface area contributed by atoms with Crippen molar-refractivity contribution < 1.29 is 9.53 Å². The molecule has 0 radical (unpaired) electrons. The summed E-state index contributed by atoms with van der Waals surface area (Å²) < 4.78 is 7.56. The number of aromatic nitrogens is 2. The highest BCUT2D eigenvalue weighted by Gasteiger charge is 2.38. The fraction of sp³-hybridized carbons (Fsp3) is 0.152. The van der Waals surface area contributed by atoms with Crippen LogP contribution in [0.5, 0.6) is 0 Å². The van der Waals surface area contributed by atoms with Gasteiger partial charge < -0.3 is 14.6 Å². The second-order valence-corrected chi connectivity index (χ2v) is 9.15. The van der Waals surface area contributed by atoms with Gasteiger partial charge in [-0.15, -0.1) is 0 Å². The highest BCUT2D eigenvalue weighted by molar-refractivity contribution is 5.71. The van der Waals surface area contributed by atoms with Crippen LogP contribution in [0.3, 0.4) is 0 Å². The molecule has 0 fully saturated rings. The molecule has 0 amide bonds. The molecule has 1 N–H and O–H groups in total. The zero-order chi connectivity index (χ0) is 26.0. The van der Waals surface area contributed by atoms with Crippen molar-refractivity contribution in [2.45, 2.75) is 18.6 Å². The van der Waals surface area contributed by atoms with Crippen molar-refractivity contribution in [2.75, 3.05) is 13.1 Å². The monoisotopic (exact) mass is 501 g/mol. The zero-order valence-corrected chi connectivity index (χ0v) is 21.2. The Morgan fingerprint density at radius 2 is 1.24 bits per heavy atom. The van der Waals surface area contributed by atoms with Gasteiger partial charge in [0.05, 0.1) is 18.6 Å². The molecular formula is C33H31N3O2. The van der Waals surface area contributed by atoms with Gasteiger partial charge >= 0.3 is 5.97 Å². The Labute approximate surface area is 223 Å². The van der Waals surface area contributed by atoms with E-state index in [4.69, 9.17) is 9.72 Å². The number of carbonyl (C=O) groups excluding carboxylic acids is 1. The number of ether oxygens (including phenoxy) is 1. The lowest BCUT2D eigenvalue weighted by molar-refractivity contribution is -0.143. The van der Waals surface area contributed by atoms with Crippen LogP contribution in [-0.4, -0.2) is 28.6 Å². The molecule has 0 aliphatic heterocycles. The lowest BCUT2D eigenvalue weighted by atomic mass is 9.77. The second kappa shape index (κ2) is 12.2. The smallest absolute Gasteiger partial charge is 0.320 e. The largest absolute Gasteiger partial charge is 0.460 e. The van der Waals surface area contributed by atoms with E-state index in [2.05, 4.69) is 88.9 Å². The van der Waals surface area contributed by atoms with Gasteiger partial charge in [0.1, 0.15) is 12.1 Å². The first-order valence-electron chi connectivity index (χ1n) is 12.9. The number of nitrogens with one attached hydrogen (secondary N) is 1. The summed E-state index contributed by atoms with van der Waals surface area (Å²) in [5, 5.41) is 3.19. The minimum Gasteiger partial charge on any atom is -0.460 e. The number of esters is 1. The van der Waals surface area contributed by atoms with Gasteiger partial charge in [0.15, 0.2) is 0 Å². The van der Waals surface area contributed by atoms with Gasteiger partial charge in [0, 0.05) is 19.2 Å². The lowest BCUT2D eigenvalue weighted by Crippen LogP contribution is -2.37. The molecule has 5 rings (SSSR count). The van der Waals surface area contributed by atoms with Crippen LogP contribution in [0.2, 0.25) is 0 Å². The number of benzene rings is 4. The number of rotatable bonds is 11. The van der Waals surface area contributed by atoms with E-state index in [0.29, 0.717) is 13.0 Å². The summed E-state index contributed by atoms with van der Waals surface area (Å²) in [5.41, 5.74) is 4.80. The highest BCUT2D eigenvalue weighted by atomic mass is 16.5. The standard InChI is InChI=1S/C33H31N3O2/c37-32(38-25-27-13-5-1-6-14-27)23-34-22-21-31-24-36(26-35-31)33(28-15-7-2-8-16-28,29-17-9-3-10-18-29)30-19-11-4-12-20-30/h1-20,24,26,34H,21-23,25H2. The van der Waals surface area contributed by atoms with E-state index in [1.165, 1.54) is 0 Å². The van der Waals surface area contributed by atoms with Gasteiger partial charge in [-0.05, 0) is 22.3 Å². The summed E-state index contributed by atoms with van der Waals surface area (Å²) in [5.74, 6) is -0.268. The minimum atomic E-state index is -0.580. The quantitative estimate of drug-likeness (QED) is 0.145. The third-order valence-corrected chi connectivity index (χ3v) is 6.67. The molecule has 190 valence electrons. The molecule has 5 aromatic rings. The Morgan fingerprint density at radius 3 is 1.76 bits per heavy atom. The number of hydrogen-bond acceptors (Lipinski definition) is 4. The van der Waals surface area contributed by atoms with E-state index in [9.17, 15) is 4.79 Å². The average Bonchev–Trinajstić information content (AvgIpc) is 3.46. The third-order valence-electron chi connectivity index (χ3n) is 6.67. The van der Waals surface area contributed by atoms with Crippen LogP contribution in [0.4, 0.5) is 0 Å². The molecule has 0 aliphatic carbocycles. The van der Waals surface area contributed by atoms with Crippen LogP contribution in [-0.2, 0) is 28.1 Å². The molecule has 1 heterocycles. The highest BCUT2D eigenvalue weighted by Crippen LogP contribution is 2.40. The molecule has 0 saturated heterocycles. The van der Waals surface area contributed by atoms with Crippen LogP contribution in [0.15, 0.2) is 134 Å². The Bertz CT molecular complexity index is 1320. The molecule has 0 bridgehead atoms. The number of imidazole rings is 1. The fourth-order valence-electron chi connectivity index (χ4n) is 4.86. The van der Waals surface area contributed by atoms with Crippen molar-refractivity contribution in [3.05, 3.63) is 162 Å². The number of carbonyl (C=O) groups is 1. The lowest BCUT2D eigenvalue weighted by Gasteiger charge is -2.37. The molecule has 5 nitrogen and oxygen atoms in total. The van der Waals surface area contributed by atoms with Crippen molar-refractivity contribution in [3.63, 3.8) is 0 Å². The molecular weight excluding hydrogens is 470 g/mol. The summed E-state index contributed by atoms with van der Waals surface area (Å²) in [6, 6.07) is 41.3. The van der Waals surface area contributed by atoms with Crippen molar-refractivity contribution in [2.24, 2.45) is 0 Å². The van der Waals surface area contributed by atoms with Crippen LogP contribution in [0.1, 0.15) is 27.9 Å². The molecule has 0 atom stereocenters. The average molecular weight is 502 g/mol. The SMILES string of the molecule is O=C(CNCCc1cn(C(c2ccccc2)(c2ccccc2)c2ccccc2)cn1)OCc1ccccc1. The number of hydrogen-bond donors (Lipinski definition) is 1. The molecule has 0 saturated carbocycles. The topological polar surface area (TPSA) is 56.2 Å². The van der Waals surface area contributed by atoms with Crippen LogP contribution >= 0.6 is 0 Å². The zero-order valence-electron chi connectivity index (χ0n) is 21.2. The van der Waals surface area contributed by atoms with Crippen LogP contribution in [0, 0.1) is 0 Å². The maximum atomic E-state index is 12.1. The molecule has 5 heteroatoms. The first kappa shape index (κ1) is 25.2. The summed E-state index contributed by atoms with van der Waals surface area (Å²) in [6.45, 7) is 1.06. The summed E-state index contributed by atoms with van der Waals surface area (Å²) >= 11 is 0.